The summed E-state index contributed by atoms with van der Waals surface area (Å²) in [4.78, 5) is 14.1. The lowest BCUT2D eigenvalue weighted by Gasteiger charge is -2.33. The van der Waals surface area contributed by atoms with Crippen LogP contribution in [-0.2, 0) is 10.3 Å². The molecule has 1 saturated carbocycles. The second kappa shape index (κ2) is 8.33. The second-order valence-electron chi connectivity index (χ2n) is 8.00. The summed E-state index contributed by atoms with van der Waals surface area (Å²) in [6.45, 7) is 2.81. The number of carbonyl (C=O) groups is 1. The van der Waals surface area contributed by atoms with Crippen LogP contribution in [0.1, 0.15) is 49.7 Å². The molecule has 0 spiro atoms. The standard InChI is InChI=1S/C23H26ClN3OS/c1-16-10-11-17(15-20(16)27-14-6-9-21(27)28)25-22(29)26-23(12-4-5-13-23)18-7-2-3-8-19(18)24/h2-3,7-8,10-11,15H,4-6,9,12-14H2,1H3,(H2,25,26,29). The minimum Gasteiger partial charge on any atom is -0.353 e. The number of halogens is 1. The van der Waals surface area contributed by atoms with Crippen LogP contribution < -0.4 is 15.5 Å². The van der Waals surface area contributed by atoms with E-state index in [2.05, 4.69) is 16.7 Å². The first-order valence-corrected chi connectivity index (χ1v) is 11.0. The molecule has 0 radical (unpaired) electrons. The maximum Gasteiger partial charge on any atom is 0.227 e. The maximum atomic E-state index is 12.2. The smallest absolute Gasteiger partial charge is 0.227 e. The van der Waals surface area contributed by atoms with Gasteiger partial charge < -0.3 is 15.5 Å². The van der Waals surface area contributed by atoms with Crippen molar-refractivity contribution in [2.45, 2.75) is 51.0 Å². The van der Waals surface area contributed by atoms with E-state index < -0.39 is 0 Å². The van der Waals surface area contributed by atoms with Gasteiger partial charge >= 0.3 is 0 Å². The van der Waals surface area contributed by atoms with E-state index in [1.807, 2.05) is 48.2 Å². The van der Waals surface area contributed by atoms with E-state index in [1.165, 1.54) is 0 Å². The molecule has 152 valence electrons. The Balaban J connectivity index is 1.53. The Morgan fingerprint density at radius 3 is 2.59 bits per heavy atom. The predicted octanol–water partition coefficient (Wildman–Crippen LogP) is 5.53. The molecule has 1 aliphatic carbocycles. The third-order valence-electron chi connectivity index (χ3n) is 6.03. The molecule has 0 aromatic heterocycles. The highest BCUT2D eigenvalue weighted by Gasteiger charge is 2.37. The molecule has 1 saturated heterocycles. The third kappa shape index (κ3) is 4.12. The number of aryl methyl sites for hydroxylation is 1. The van der Waals surface area contributed by atoms with Gasteiger partial charge in [0.05, 0.1) is 5.54 Å². The van der Waals surface area contributed by atoms with Crippen LogP contribution in [0.3, 0.4) is 0 Å². The Hall–Kier alpha value is -2.11. The monoisotopic (exact) mass is 427 g/mol. The van der Waals surface area contributed by atoms with E-state index >= 15 is 0 Å². The maximum absolute atomic E-state index is 12.2. The Morgan fingerprint density at radius 2 is 1.90 bits per heavy atom. The van der Waals surface area contributed by atoms with Crippen molar-refractivity contribution in [3.63, 3.8) is 0 Å². The van der Waals surface area contributed by atoms with E-state index in [9.17, 15) is 4.79 Å². The Morgan fingerprint density at radius 1 is 1.14 bits per heavy atom. The largest absolute Gasteiger partial charge is 0.353 e. The lowest BCUT2D eigenvalue weighted by atomic mass is 9.88. The zero-order valence-electron chi connectivity index (χ0n) is 16.6. The van der Waals surface area contributed by atoms with Crippen LogP contribution in [0.15, 0.2) is 42.5 Å². The number of thiocarbonyl (C=S) groups is 1. The fraction of sp³-hybridized carbons (Fsp3) is 0.391. The normalized spacial score (nSPS) is 18.1. The third-order valence-corrected chi connectivity index (χ3v) is 6.56. The molecular weight excluding hydrogens is 402 g/mol. The number of benzene rings is 2. The van der Waals surface area contributed by atoms with E-state index in [1.54, 1.807) is 0 Å². The van der Waals surface area contributed by atoms with Crippen molar-refractivity contribution in [3.05, 3.63) is 58.6 Å². The quantitative estimate of drug-likeness (QED) is 0.629. The van der Waals surface area contributed by atoms with E-state index in [0.29, 0.717) is 11.5 Å². The van der Waals surface area contributed by atoms with Gasteiger partial charge in [0.25, 0.3) is 0 Å². The van der Waals surface area contributed by atoms with Gasteiger partial charge in [0.1, 0.15) is 0 Å². The van der Waals surface area contributed by atoms with Gasteiger partial charge in [-0.3, -0.25) is 4.79 Å². The summed E-state index contributed by atoms with van der Waals surface area (Å²) in [6, 6.07) is 14.1. The van der Waals surface area contributed by atoms with Crippen LogP contribution in [0.2, 0.25) is 5.02 Å². The molecule has 2 aromatic rings. The molecular formula is C23H26ClN3OS. The van der Waals surface area contributed by atoms with Crippen molar-refractivity contribution in [2.75, 3.05) is 16.8 Å². The topological polar surface area (TPSA) is 44.4 Å². The number of nitrogens with zero attached hydrogens (tertiary/aromatic N) is 1. The molecule has 0 unspecified atom stereocenters. The van der Waals surface area contributed by atoms with Gasteiger partial charge in [-0.2, -0.15) is 0 Å². The van der Waals surface area contributed by atoms with Crippen molar-refractivity contribution < 1.29 is 4.79 Å². The molecule has 2 aromatic carbocycles. The molecule has 1 aliphatic heterocycles. The van der Waals surface area contributed by atoms with E-state index in [4.69, 9.17) is 23.8 Å². The molecule has 1 heterocycles. The summed E-state index contributed by atoms with van der Waals surface area (Å²) in [5.74, 6) is 0.189. The number of carbonyl (C=O) groups excluding carboxylic acids is 1. The molecule has 0 bridgehead atoms. The molecule has 2 aliphatic rings. The van der Waals surface area contributed by atoms with Crippen LogP contribution in [-0.4, -0.2) is 17.6 Å². The first kappa shape index (κ1) is 20.2. The van der Waals surface area contributed by atoms with E-state index in [-0.39, 0.29) is 11.4 Å². The number of hydrogen-bond acceptors (Lipinski definition) is 2. The fourth-order valence-electron chi connectivity index (χ4n) is 4.55. The van der Waals surface area contributed by atoms with Crippen LogP contribution >= 0.6 is 23.8 Å². The van der Waals surface area contributed by atoms with Gasteiger partial charge in [-0.05, 0) is 67.7 Å². The summed E-state index contributed by atoms with van der Waals surface area (Å²) in [7, 11) is 0. The van der Waals surface area contributed by atoms with Crippen molar-refractivity contribution in [1.29, 1.82) is 0 Å². The van der Waals surface area contributed by atoms with Gasteiger partial charge in [-0.1, -0.05) is 48.7 Å². The van der Waals surface area contributed by atoms with Crippen molar-refractivity contribution in [3.8, 4) is 0 Å². The van der Waals surface area contributed by atoms with Gasteiger partial charge in [0.15, 0.2) is 5.11 Å². The predicted molar refractivity (Wildman–Crippen MR) is 124 cm³/mol. The van der Waals surface area contributed by atoms with Crippen LogP contribution in [0.5, 0.6) is 0 Å². The molecule has 4 rings (SSSR count). The highest BCUT2D eigenvalue weighted by molar-refractivity contribution is 7.80. The Bertz CT molecular complexity index is 939. The lowest BCUT2D eigenvalue weighted by Crippen LogP contribution is -2.45. The lowest BCUT2D eigenvalue weighted by molar-refractivity contribution is -0.117. The number of rotatable bonds is 4. The fourth-order valence-corrected chi connectivity index (χ4v) is 5.18. The zero-order valence-corrected chi connectivity index (χ0v) is 18.2. The van der Waals surface area contributed by atoms with E-state index in [0.717, 1.165) is 66.2 Å². The molecule has 4 nitrogen and oxygen atoms in total. The average Bonchev–Trinajstić information content (AvgIpc) is 3.33. The molecule has 29 heavy (non-hydrogen) atoms. The first-order valence-electron chi connectivity index (χ1n) is 10.2. The zero-order chi connectivity index (χ0) is 20.4. The first-order chi connectivity index (χ1) is 14.0. The minimum absolute atomic E-state index is 0.189. The molecule has 6 heteroatoms. The van der Waals surface area contributed by atoms with Crippen molar-refractivity contribution >= 4 is 46.2 Å². The van der Waals surface area contributed by atoms with Crippen LogP contribution in [0, 0.1) is 6.92 Å². The summed E-state index contributed by atoms with van der Waals surface area (Å²) in [6.07, 6.45) is 5.83. The highest BCUT2D eigenvalue weighted by Crippen LogP contribution is 2.41. The summed E-state index contributed by atoms with van der Waals surface area (Å²) >= 11 is 12.2. The second-order valence-corrected chi connectivity index (χ2v) is 8.81. The minimum atomic E-state index is -0.235. The summed E-state index contributed by atoms with van der Waals surface area (Å²) < 4.78 is 0. The average molecular weight is 428 g/mol. The number of hydrogen-bond donors (Lipinski definition) is 2. The number of nitrogens with one attached hydrogen (secondary N) is 2. The number of amides is 1. The molecule has 0 atom stereocenters. The van der Waals surface area contributed by atoms with Crippen LogP contribution in [0.4, 0.5) is 11.4 Å². The SMILES string of the molecule is Cc1ccc(NC(=S)NC2(c3ccccc3Cl)CCCC2)cc1N1CCCC1=O. The van der Waals surface area contributed by atoms with Gasteiger partial charge in [0, 0.05) is 29.4 Å². The van der Waals surface area contributed by atoms with Crippen molar-refractivity contribution in [2.24, 2.45) is 0 Å². The van der Waals surface area contributed by atoms with Gasteiger partial charge in [-0.15, -0.1) is 0 Å². The van der Waals surface area contributed by atoms with Gasteiger partial charge in [0.2, 0.25) is 5.91 Å². The Kier molecular flexibility index (Phi) is 5.79. The van der Waals surface area contributed by atoms with Crippen LogP contribution in [0.25, 0.3) is 0 Å². The Labute approximate surface area is 182 Å². The molecule has 2 N–H and O–H groups in total. The summed E-state index contributed by atoms with van der Waals surface area (Å²) in [5.41, 5.74) is 3.81. The highest BCUT2D eigenvalue weighted by atomic mass is 35.5. The molecule has 2 fully saturated rings. The summed E-state index contributed by atoms with van der Waals surface area (Å²) in [5, 5.41) is 8.24. The van der Waals surface area contributed by atoms with Gasteiger partial charge in [-0.25, -0.2) is 0 Å². The molecule has 1 amide bonds. The number of anilines is 2. The van der Waals surface area contributed by atoms with Crippen molar-refractivity contribution in [1.82, 2.24) is 5.32 Å².